The van der Waals surface area contributed by atoms with Gasteiger partial charge in [-0.3, -0.25) is 0 Å². The van der Waals surface area contributed by atoms with Crippen molar-refractivity contribution in [1.82, 2.24) is 0 Å². The minimum atomic E-state index is -0.448. The molecule has 1 aromatic heterocycles. The first-order valence-electron chi connectivity index (χ1n) is 7.34. The van der Waals surface area contributed by atoms with E-state index in [9.17, 15) is 9.90 Å². The number of thiocarbonyl (C=S) groups is 1. The molecule has 3 N–H and O–H groups in total. The Morgan fingerprint density at radius 3 is 2.50 bits per heavy atom. The van der Waals surface area contributed by atoms with Crippen LogP contribution in [-0.2, 0) is 0 Å². The van der Waals surface area contributed by atoms with E-state index in [1.807, 2.05) is 38.1 Å². The van der Waals surface area contributed by atoms with Crippen LogP contribution < -0.4 is 16.3 Å². The summed E-state index contributed by atoms with van der Waals surface area (Å²) in [5.74, 6) is -0.0516. The van der Waals surface area contributed by atoms with Gasteiger partial charge in [-0.25, -0.2) is 4.79 Å². The fourth-order valence-corrected chi connectivity index (χ4v) is 2.60. The van der Waals surface area contributed by atoms with Gasteiger partial charge in [0, 0.05) is 23.2 Å². The standard InChI is InChI=1S/C18H16N2O3S/c1-10-3-5-12(6-4-10)19-18(24)20-14-8-13-11(2)7-17(22)23-16(13)9-15(14)21/h3-9,21H,1-2H3,(H2,19,20,24). The van der Waals surface area contributed by atoms with Crippen LogP contribution in [0.25, 0.3) is 11.0 Å². The number of anilines is 2. The highest BCUT2D eigenvalue weighted by Gasteiger charge is 2.10. The van der Waals surface area contributed by atoms with Gasteiger partial charge in [-0.05, 0) is 49.8 Å². The van der Waals surface area contributed by atoms with Gasteiger partial charge >= 0.3 is 5.63 Å². The van der Waals surface area contributed by atoms with Crippen LogP contribution in [0.1, 0.15) is 11.1 Å². The summed E-state index contributed by atoms with van der Waals surface area (Å²) in [6, 6.07) is 12.3. The van der Waals surface area contributed by atoms with Crippen LogP contribution in [0.5, 0.6) is 5.75 Å². The molecule has 0 spiro atoms. The molecule has 0 aliphatic carbocycles. The van der Waals surface area contributed by atoms with Crippen LogP contribution >= 0.6 is 12.2 Å². The highest BCUT2D eigenvalue weighted by Crippen LogP contribution is 2.30. The molecular weight excluding hydrogens is 324 g/mol. The molecular formula is C18H16N2O3S. The average molecular weight is 340 g/mol. The van der Waals surface area contributed by atoms with Crippen molar-refractivity contribution in [3.05, 3.63) is 64.0 Å². The molecule has 0 amide bonds. The molecule has 0 fully saturated rings. The number of hydrogen-bond acceptors (Lipinski definition) is 4. The Morgan fingerprint density at radius 1 is 1.08 bits per heavy atom. The Balaban J connectivity index is 1.86. The fourth-order valence-electron chi connectivity index (χ4n) is 2.38. The van der Waals surface area contributed by atoms with Crippen LogP contribution in [0.4, 0.5) is 11.4 Å². The van der Waals surface area contributed by atoms with E-state index < -0.39 is 5.63 Å². The van der Waals surface area contributed by atoms with E-state index in [1.165, 1.54) is 12.1 Å². The van der Waals surface area contributed by atoms with Crippen LogP contribution in [0, 0.1) is 13.8 Å². The van der Waals surface area contributed by atoms with Crippen LogP contribution in [-0.4, -0.2) is 10.2 Å². The summed E-state index contributed by atoms with van der Waals surface area (Å²) in [7, 11) is 0. The van der Waals surface area contributed by atoms with Crippen LogP contribution in [0.2, 0.25) is 0 Å². The zero-order chi connectivity index (χ0) is 17.3. The van der Waals surface area contributed by atoms with Gasteiger partial charge in [0.05, 0.1) is 5.69 Å². The number of aryl methyl sites for hydroxylation is 2. The van der Waals surface area contributed by atoms with Crippen molar-refractivity contribution < 1.29 is 9.52 Å². The van der Waals surface area contributed by atoms with E-state index in [0.29, 0.717) is 16.4 Å². The second kappa shape index (κ2) is 6.33. The van der Waals surface area contributed by atoms with Crippen LogP contribution in [0.3, 0.4) is 0 Å². The number of hydrogen-bond donors (Lipinski definition) is 3. The Kier molecular flexibility index (Phi) is 4.22. The molecule has 0 radical (unpaired) electrons. The topological polar surface area (TPSA) is 74.5 Å². The van der Waals surface area contributed by atoms with Crippen molar-refractivity contribution >= 4 is 39.7 Å². The molecule has 6 heteroatoms. The average Bonchev–Trinajstić information content (AvgIpc) is 2.51. The summed E-state index contributed by atoms with van der Waals surface area (Å²) in [4.78, 5) is 11.4. The van der Waals surface area contributed by atoms with E-state index in [-0.39, 0.29) is 5.75 Å². The van der Waals surface area contributed by atoms with Gasteiger partial charge in [0.25, 0.3) is 0 Å². The van der Waals surface area contributed by atoms with Gasteiger partial charge in [-0.2, -0.15) is 0 Å². The van der Waals surface area contributed by atoms with Gasteiger partial charge in [-0.1, -0.05) is 17.7 Å². The normalized spacial score (nSPS) is 10.6. The number of nitrogens with one attached hydrogen (secondary N) is 2. The maximum atomic E-state index is 11.4. The summed E-state index contributed by atoms with van der Waals surface area (Å²) < 4.78 is 5.10. The summed E-state index contributed by atoms with van der Waals surface area (Å²) in [6.45, 7) is 3.82. The lowest BCUT2D eigenvalue weighted by Gasteiger charge is -2.13. The summed E-state index contributed by atoms with van der Waals surface area (Å²) >= 11 is 5.28. The summed E-state index contributed by atoms with van der Waals surface area (Å²) in [5.41, 5.74) is 3.09. The maximum absolute atomic E-state index is 11.4. The SMILES string of the molecule is Cc1ccc(NC(=S)Nc2cc3c(C)cc(=O)oc3cc2O)cc1. The second-order valence-electron chi connectivity index (χ2n) is 5.56. The Labute approximate surface area is 143 Å². The van der Waals surface area contributed by atoms with Crippen molar-refractivity contribution in [2.75, 3.05) is 10.6 Å². The Bertz CT molecular complexity index is 978. The third kappa shape index (κ3) is 3.38. The molecule has 5 nitrogen and oxygen atoms in total. The monoisotopic (exact) mass is 340 g/mol. The zero-order valence-electron chi connectivity index (χ0n) is 13.2. The van der Waals surface area contributed by atoms with Gasteiger partial charge < -0.3 is 20.2 Å². The van der Waals surface area contributed by atoms with Crippen LogP contribution in [0.15, 0.2) is 51.7 Å². The summed E-state index contributed by atoms with van der Waals surface area (Å²) in [6.07, 6.45) is 0. The number of phenols is 1. The molecule has 122 valence electrons. The third-order valence-electron chi connectivity index (χ3n) is 3.63. The predicted octanol–water partition coefficient (Wildman–Crippen LogP) is 3.92. The van der Waals surface area contributed by atoms with E-state index in [2.05, 4.69) is 10.6 Å². The van der Waals surface area contributed by atoms with E-state index in [0.717, 1.165) is 22.2 Å². The smallest absolute Gasteiger partial charge is 0.336 e. The highest BCUT2D eigenvalue weighted by molar-refractivity contribution is 7.80. The molecule has 0 saturated heterocycles. The molecule has 3 rings (SSSR count). The van der Waals surface area contributed by atoms with Gasteiger partial charge in [-0.15, -0.1) is 0 Å². The third-order valence-corrected chi connectivity index (χ3v) is 3.83. The molecule has 0 bridgehead atoms. The zero-order valence-corrected chi connectivity index (χ0v) is 14.0. The number of fused-ring (bicyclic) bond motifs is 1. The van der Waals surface area contributed by atoms with E-state index >= 15 is 0 Å². The molecule has 0 unspecified atom stereocenters. The van der Waals surface area contributed by atoms with Crippen molar-refractivity contribution in [2.24, 2.45) is 0 Å². The number of phenolic OH excluding ortho intramolecular Hbond substituents is 1. The Hall–Kier alpha value is -2.86. The first-order valence-corrected chi connectivity index (χ1v) is 7.75. The predicted molar refractivity (Wildman–Crippen MR) is 99.9 cm³/mol. The highest BCUT2D eigenvalue weighted by atomic mass is 32.1. The second-order valence-corrected chi connectivity index (χ2v) is 5.97. The molecule has 3 aromatic rings. The van der Waals surface area contributed by atoms with Crippen molar-refractivity contribution in [1.29, 1.82) is 0 Å². The molecule has 1 heterocycles. The molecule has 0 aliphatic heterocycles. The van der Waals surface area contributed by atoms with Gasteiger partial charge in [0.2, 0.25) is 0 Å². The van der Waals surface area contributed by atoms with E-state index in [1.54, 1.807) is 6.07 Å². The number of aromatic hydroxyl groups is 1. The van der Waals surface area contributed by atoms with Gasteiger partial charge in [0.1, 0.15) is 11.3 Å². The molecule has 0 saturated carbocycles. The van der Waals surface area contributed by atoms with Crippen molar-refractivity contribution in [3.63, 3.8) is 0 Å². The fraction of sp³-hybridized carbons (Fsp3) is 0.111. The molecule has 0 atom stereocenters. The number of rotatable bonds is 2. The number of benzene rings is 2. The molecule has 2 aromatic carbocycles. The van der Waals surface area contributed by atoms with Gasteiger partial charge in [0.15, 0.2) is 5.11 Å². The molecule has 24 heavy (non-hydrogen) atoms. The first kappa shape index (κ1) is 16.0. The largest absolute Gasteiger partial charge is 0.506 e. The lowest BCUT2D eigenvalue weighted by molar-refractivity contribution is 0.475. The lowest BCUT2D eigenvalue weighted by Crippen LogP contribution is -2.19. The van der Waals surface area contributed by atoms with Crippen molar-refractivity contribution in [3.8, 4) is 5.75 Å². The molecule has 0 aliphatic rings. The first-order chi connectivity index (χ1) is 11.4. The maximum Gasteiger partial charge on any atom is 0.336 e. The van der Waals surface area contributed by atoms with Crippen molar-refractivity contribution in [2.45, 2.75) is 13.8 Å². The Morgan fingerprint density at radius 2 is 1.79 bits per heavy atom. The minimum Gasteiger partial charge on any atom is -0.506 e. The minimum absolute atomic E-state index is 0.0516. The van der Waals surface area contributed by atoms with E-state index in [4.69, 9.17) is 16.6 Å². The summed E-state index contributed by atoms with van der Waals surface area (Å²) in [5, 5.41) is 17.2. The quantitative estimate of drug-likeness (QED) is 0.373. The lowest BCUT2D eigenvalue weighted by atomic mass is 10.1.